The maximum Gasteiger partial charge on any atom is 0.249 e. The van der Waals surface area contributed by atoms with Gasteiger partial charge in [-0.15, -0.1) is 0 Å². The van der Waals surface area contributed by atoms with Crippen molar-refractivity contribution in [2.75, 3.05) is 5.32 Å². The highest BCUT2D eigenvalue weighted by molar-refractivity contribution is 6.30. The summed E-state index contributed by atoms with van der Waals surface area (Å²) in [6.45, 7) is 2.31. The van der Waals surface area contributed by atoms with Crippen molar-refractivity contribution >= 4 is 46.1 Å². The van der Waals surface area contributed by atoms with Gasteiger partial charge in [0, 0.05) is 16.3 Å². The fourth-order valence-corrected chi connectivity index (χ4v) is 3.60. The average molecular weight is 486 g/mol. The smallest absolute Gasteiger partial charge is 0.249 e. The summed E-state index contributed by atoms with van der Waals surface area (Å²) in [5.41, 5.74) is 5.84. The fourth-order valence-electron chi connectivity index (χ4n) is 3.47. The molecular formula is C28H24ClN3O3. The number of hydrogen-bond donors (Lipinski definition) is 2. The first-order valence-electron chi connectivity index (χ1n) is 11.1. The van der Waals surface area contributed by atoms with E-state index < -0.39 is 11.8 Å². The molecule has 4 aromatic carbocycles. The molecule has 0 heterocycles. The molecule has 0 aliphatic rings. The van der Waals surface area contributed by atoms with E-state index in [-0.39, 0.29) is 6.42 Å². The van der Waals surface area contributed by atoms with Crippen LogP contribution in [0.5, 0.6) is 5.75 Å². The van der Waals surface area contributed by atoms with E-state index in [0.29, 0.717) is 23.1 Å². The molecule has 0 saturated heterocycles. The van der Waals surface area contributed by atoms with Crippen LogP contribution in [0.3, 0.4) is 0 Å². The van der Waals surface area contributed by atoms with Crippen molar-refractivity contribution in [2.24, 2.45) is 5.10 Å². The number of anilines is 1. The molecule has 0 saturated carbocycles. The first kappa shape index (κ1) is 24.0. The zero-order valence-corrected chi connectivity index (χ0v) is 19.9. The average Bonchev–Trinajstić information content (AvgIpc) is 2.85. The number of benzene rings is 4. The number of nitrogens with one attached hydrogen (secondary N) is 2. The lowest BCUT2D eigenvalue weighted by atomic mass is 10.0. The van der Waals surface area contributed by atoms with Gasteiger partial charge in [0.05, 0.1) is 6.21 Å². The van der Waals surface area contributed by atoms with Gasteiger partial charge in [-0.1, -0.05) is 71.8 Å². The Bertz CT molecular complexity index is 1370. The standard InChI is InChI=1S/C28H24ClN3O3/c1-19-6-13-23(14-7-19)31-27(33)16-28(34)32-30-17-25-24-5-3-2-4-21(24)10-15-26(25)35-18-20-8-11-22(29)12-9-20/h2-15,17H,16,18H2,1H3,(H,31,33)(H,32,34). The molecule has 0 radical (unpaired) electrons. The van der Waals surface area contributed by atoms with Crippen LogP contribution in [0.1, 0.15) is 23.1 Å². The fraction of sp³-hybridized carbons (Fsp3) is 0.107. The predicted molar refractivity (Wildman–Crippen MR) is 140 cm³/mol. The van der Waals surface area contributed by atoms with Crippen molar-refractivity contribution in [1.82, 2.24) is 5.43 Å². The largest absolute Gasteiger partial charge is 0.488 e. The van der Waals surface area contributed by atoms with Gasteiger partial charge < -0.3 is 10.1 Å². The Labute approximate surface area is 208 Å². The van der Waals surface area contributed by atoms with Crippen molar-refractivity contribution in [2.45, 2.75) is 20.0 Å². The molecule has 0 aromatic heterocycles. The lowest BCUT2D eigenvalue weighted by Gasteiger charge is -2.12. The number of amides is 2. The number of halogens is 1. The lowest BCUT2D eigenvalue weighted by molar-refractivity contribution is -0.126. The third kappa shape index (κ3) is 6.68. The number of rotatable bonds is 8. The summed E-state index contributed by atoms with van der Waals surface area (Å²) in [4.78, 5) is 24.4. The summed E-state index contributed by atoms with van der Waals surface area (Å²) in [6, 6.07) is 26.4. The SMILES string of the molecule is Cc1ccc(NC(=O)CC(=O)NN=Cc2c(OCc3ccc(Cl)cc3)ccc3ccccc23)cc1. The molecule has 2 amide bonds. The highest BCUT2D eigenvalue weighted by Gasteiger charge is 2.11. The van der Waals surface area contributed by atoms with E-state index in [1.807, 2.05) is 79.7 Å². The van der Waals surface area contributed by atoms with Gasteiger partial charge in [0.1, 0.15) is 18.8 Å². The van der Waals surface area contributed by atoms with E-state index in [4.69, 9.17) is 16.3 Å². The van der Waals surface area contributed by atoms with Crippen LogP contribution in [0, 0.1) is 6.92 Å². The van der Waals surface area contributed by atoms with E-state index in [0.717, 1.165) is 27.5 Å². The maximum atomic E-state index is 12.2. The first-order valence-corrected chi connectivity index (χ1v) is 11.4. The Kier molecular flexibility index (Phi) is 7.75. The number of nitrogens with zero attached hydrogens (tertiary/aromatic N) is 1. The molecule has 2 N–H and O–H groups in total. The maximum absolute atomic E-state index is 12.2. The number of hydrazone groups is 1. The Morgan fingerprint density at radius 3 is 2.43 bits per heavy atom. The molecule has 0 aliphatic carbocycles. The monoisotopic (exact) mass is 485 g/mol. The Balaban J connectivity index is 1.43. The van der Waals surface area contributed by atoms with Crippen LogP contribution in [0.4, 0.5) is 5.69 Å². The molecule has 0 spiro atoms. The number of aryl methyl sites for hydroxylation is 1. The van der Waals surface area contributed by atoms with Crippen molar-refractivity contribution in [3.63, 3.8) is 0 Å². The zero-order valence-electron chi connectivity index (χ0n) is 19.1. The van der Waals surface area contributed by atoms with E-state index in [9.17, 15) is 9.59 Å². The van der Waals surface area contributed by atoms with E-state index in [1.165, 1.54) is 6.21 Å². The van der Waals surface area contributed by atoms with Gasteiger partial charge >= 0.3 is 0 Å². The highest BCUT2D eigenvalue weighted by Crippen LogP contribution is 2.27. The molecule has 0 bridgehead atoms. The molecule has 0 atom stereocenters. The molecule has 0 fully saturated rings. The van der Waals surface area contributed by atoms with Crippen LogP contribution in [0.15, 0.2) is 90.0 Å². The third-order valence-corrected chi connectivity index (χ3v) is 5.53. The Morgan fingerprint density at radius 1 is 0.914 bits per heavy atom. The van der Waals surface area contributed by atoms with E-state index in [2.05, 4.69) is 15.8 Å². The van der Waals surface area contributed by atoms with Crippen LogP contribution >= 0.6 is 11.6 Å². The highest BCUT2D eigenvalue weighted by atomic mass is 35.5. The number of ether oxygens (including phenoxy) is 1. The van der Waals surface area contributed by atoms with Crippen LogP contribution in [-0.4, -0.2) is 18.0 Å². The molecule has 0 aliphatic heterocycles. The topological polar surface area (TPSA) is 79.8 Å². The summed E-state index contributed by atoms with van der Waals surface area (Å²) in [6.07, 6.45) is 1.19. The van der Waals surface area contributed by atoms with Gasteiger partial charge in [-0.25, -0.2) is 5.43 Å². The van der Waals surface area contributed by atoms with Gasteiger partial charge in [0.25, 0.3) is 0 Å². The van der Waals surface area contributed by atoms with Crippen molar-refractivity contribution in [3.05, 3.63) is 107 Å². The molecule has 176 valence electrons. The van der Waals surface area contributed by atoms with Gasteiger partial charge in [0.2, 0.25) is 11.8 Å². The number of carbonyl (C=O) groups excluding carboxylic acids is 2. The summed E-state index contributed by atoms with van der Waals surface area (Å²) in [7, 11) is 0. The van der Waals surface area contributed by atoms with Crippen LogP contribution in [0.2, 0.25) is 5.02 Å². The van der Waals surface area contributed by atoms with E-state index >= 15 is 0 Å². The minimum absolute atomic E-state index is 0.347. The quantitative estimate of drug-likeness (QED) is 0.186. The zero-order chi connectivity index (χ0) is 24.6. The normalized spacial score (nSPS) is 10.9. The van der Waals surface area contributed by atoms with Crippen LogP contribution in [-0.2, 0) is 16.2 Å². The Hall–Kier alpha value is -4.16. The molecule has 7 heteroatoms. The van der Waals surface area contributed by atoms with Crippen LogP contribution < -0.4 is 15.5 Å². The second-order valence-corrected chi connectivity index (χ2v) is 8.43. The number of carbonyl (C=O) groups is 2. The summed E-state index contributed by atoms with van der Waals surface area (Å²) < 4.78 is 6.06. The van der Waals surface area contributed by atoms with Gasteiger partial charge in [-0.05, 0) is 53.6 Å². The third-order valence-electron chi connectivity index (χ3n) is 5.28. The summed E-state index contributed by atoms with van der Waals surface area (Å²) >= 11 is 5.96. The van der Waals surface area contributed by atoms with Crippen molar-refractivity contribution < 1.29 is 14.3 Å². The first-order chi connectivity index (χ1) is 17.0. The predicted octanol–water partition coefficient (Wildman–Crippen LogP) is 5.86. The van der Waals surface area contributed by atoms with Gasteiger partial charge in [-0.2, -0.15) is 5.10 Å². The van der Waals surface area contributed by atoms with Crippen molar-refractivity contribution in [1.29, 1.82) is 0 Å². The molecule has 6 nitrogen and oxygen atoms in total. The number of fused-ring (bicyclic) bond motifs is 1. The van der Waals surface area contributed by atoms with Crippen molar-refractivity contribution in [3.8, 4) is 5.75 Å². The summed E-state index contributed by atoms with van der Waals surface area (Å²) in [5, 5.41) is 9.39. The molecular weight excluding hydrogens is 462 g/mol. The molecule has 4 aromatic rings. The summed E-state index contributed by atoms with van der Waals surface area (Å²) in [5.74, 6) is -0.317. The lowest BCUT2D eigenvalue weighted by Crippen LogP contribution is -2.24. The minimum atomic E-state index is -0.519. The van der Waals surface area contributed by atoms with Gasteiger partial charge in [0.15, 0.2) is 0 Å². The molecule has 0 unspecified atom stereocenters. The van der Waals surface area contributed by atoms with E-state index in [1.54, 1.807) is 12.1 Å². The second kappa shape index (κ2) is 11.3. The van der Waals surface area contributed by atoms with Crippen LogP contribution in [0.25, 0.3) is 10.8 Å². The second-order valence-electron chi connectivity index (χ2n) is 8.00. The minimum Gasteiger partial charge on any atom is -0.488 e. The number of hydrogen-bond acceptors (Lipinski definition) is 4. The molecule has 4 rings (SSSR count). The Morgan fingerprint density at radius 2 is 1.66 bits per heavy atom. The van der Waals surface area contributed by atoms with Gasteiger partial charge in [-0.3, -0.25) is 9.59 Å². The molecule has 35 heavy (non-hydrogen) atoms.